The maximum absolute atomic E-state index is 2.44. The van der Waals surface area contributed by atoms with Crippen LogP contribution in [0, 0.1) is 0 Å². The third-order valence-electron chi connectivity index (χ3n) is 6.02. The third kappa shape index (κ3) is 3.99. The van der Waals surface area contributed by atoms with E-state index in [-0.39, 0.29) is 0 Å². The van der Waals surface area contributed by atoms with Crippen molar-refractivity contribution in [1.82, 2.24) is 4.57 Å². The molecule has 0 radical (unpaired) electrons. The number of aryl methyl sites for hydroxylation is 1. The molecule has 0 fully saturated rings. The minimum absolute atomic E-state index is 0.924. The zero-order chi connectivity index (χ0) is 18.4. The zero-order valence-electron chi connectivity index (χ0n) is 16.6. The molecule has 26 heavy (non-hydrogen) atoms. The van der Waals surface area contributed by atoms with Crippen LogP contribution in [0.2, 0.25) is 0 Å². The fourth-order valence-corrected chi connectivity index (χ4v) is 4.05. The van der Waals surface area contributed by atoms with Crippen LogP contribution in [0.25, 0.3) is 11.0 Å². The van der Waals surface area contributed by atoms with E-state index in [0.29, 0.717) is 0 Å². The van der Waals surface area contributed by atoms with Crippen LogP contribution >= 0.6 is 0 Å². The van der Waals surface area contributed by atoms with Gasteiger partial charge in [-0.05, 0) is 38.5 Å². The third-order valence-corrected chi connectivity index (χ3v) is 6.02. The van der Waals surface area contributed by atoms with Crippen molar-refractivity contribution in [3.05, 3.63) is 66.5 Å². The molecular formula is C23H33N3+2. The van der Waals surface area contributed by atoms with Crippen molar-refractivity contribution in [3.8, 4) is 0 Å². The van der Waals surface area contributed by atoms with Crippen molar-refractivity contribution in [2.24, 2.45) is 0 Å². The molecule has 0 bridgehead atoms. The summed E-state index contributed by atoms with van der Waals surface area (Å²) in [6, 6.07) is 19.5. The number of nitrogens with zero attached hydrogens (tertiary/aromatic N) is 3. The highest BCUT2D eigenvalue weighted by molar-refractivity contribution is 5.71. The first-order valence-corrected chi connectivity index (χ1v) is 10.1. The second-order valence-corrected chi connectivity index (χ2v) is 7.28. The van der Waals surface area contributed by atoms with E-state index in [1.807, 2.05) is 0 Å². The van der Waals surface area contributed by atoms with E-state index in [4.69, 9.17) is 0 Å². The summed E-state index contributed by atoms with van der Waals surface area (Å²) in [5.74, 6) is 0. The van der Waals surface area contributed by atoms with Gasteiger partial charge in [0.25, 0.3) is 0 Å². The molecule has 3 nitrogen and oxygen atoms in total. The minimum Gasteiger partial charge on any atom is -0.324 e. The van der Waals surface area contributed by atoms with Gasteiger partial charge in [0.1, 0.15) is 6.54 Å². The Bertz CT molecular complexity index is 808. The number of quaternary nitrogens is 1. The van der Waals surface area contributed by atoms with Gasteiger partial charge in [0, 0.05) is 6.42 Å². The molecule has 0 aliphatic rings. The second-order valence-electron chi connectivity index (χ2n) is 7.28. The first-order chi connectivity index (χ1) is 12.7. The van der Waals surface area contributed by atoms with Crippen molar-refractivity contribution in [2.45, 2.75) is 40.3 Å². The summed E-state index contributed by atoms with van der Waals surface area (Å²) in [4.78, 5) is 0. The molecule has 1 aromatic heterocycles. The van der Waals surface area contributed by atoms with Gasteiger partial charge in [-0.25, -0.2) is 9.13 Å². The number of imidazole rings is 1. The second kappa shape index (κ2) is 8.50. The van der Waals surface area contributed by atoms with Crippen LogP contribution in [0.3, 0.4) is 0 Å². The quantitative estimate of drug-likeness (QED) is 0.403. The molecule has 3 heteroatoms. The van der Waals surface area contributed by atoms with Crippen LogP contribution < -0.4 is 4.57 Å². The molecule has 0 atom stereocenters. The molecule has 3 aromatic rings. The summed E-state index contributed by atoms with van der Waals surface area (Å²) in [6.45, 7) is 13.9. The zero-order valence-corrected chi connectivity index (χ0v) is 16.6. The Morgan fingerprint density at radius 3 is 2.19 bits per heavy atom. The maximum atomic E-state index is 2.44. The molecule has 0 spiro atoms. The lowest BCUT2D eigenvalue weighted by Crippen LogP contribution is -2.48. The van der Waals surface area contributed by atoms with E-state index in [9.17, 15) is 0 Å². The van der Waals surface area contributed by atoms with Gasteiger partial charge in [0.15, 0.2) is 11.0 Å². The van der Waals surface area contributed by atoms with Gasteiger partial charge < -0.3 is 4.48 Å². The number of aromatic nitrogens is 2. The maximum Gasteiger partial charge on any atom is 0.245 e. The highest BCUT2D eigenvalue weighted by atomic mass is 15.3. The predicted molar refractivity (Wildman–Crippen MR) is 109 cm³/mol. The van der Waals surface area contributed by atoms with Crippen LogP contribution in [0.4, 0.5) is 0 Å². The van der Waals surface area contributed by atoms with Crippen LogP contribution in [0.15, 0.2) is 60.9 Å². The molecule has 0 aliphatic carbocycles. The first-order valence-electron chi connectivity index (χ1n) is 10.1. The summed E-state index contributed by atoms with van der Waals surface area (Å²) in [7, 11) is 0. The van der Waals surface area contributed by atoms with Crippen LogP contribution in [0.1, 0.15) is 32.8 Å². The molecule has 1 heterocycles. The lowest BCUT2D eigenvalue weighted by molar-refractivity contribution is -0.923. The Morgan fingerprint density at radius 2 is 1.50 bits per heavy atom. The fraction of sp³-hybridized carbons (Fsp3) is 0.435. The topological polar surface area (TPSA) is 8.81 Å². The Morgan fingerprint density at radius 1 is 0.846 bits per heavy atom. The highest BCUT2D eigenvalue weighted by Crippen LogP contribution is 2.14. The number of hydrogen-bond acceptors (Lipinski definition) is 0. The van der Waals surface area contributed by atoms with E-state index < -0.39 is 0 Å². The number of rotatable bonds is 9. The summed E-state index contributed by atoms with van der Waals surface area (Å²) in [5.41, 5.74) is 4.00. The summed E-state index contributed by atoms with van der Waals surface area (Å²) in [6.07, 6.45) is 3.52. The smallest absolute Gasteiger partial charge is 0.245 e. The minimum atomic E-state index is 0.924. The van der Waals surface area contributed by atoms with E-state index >= 15 is 0 Å². The highest BCUT2D eigenvalue weighted by Gasteiger charge is 2.21. The number of para-hydroxylation sites is 2. The molecule has 0 N–H and O–H groups in total. The van der Waals surface area contributed by atoms with Crippen LogP contribution in [-0.4, -0.2) is 35.2 Å². The van der Waals surface area contributed by atoms with Crippen molar-refractivity contribution in [2.75, 3.05) is 26.2 Å². The molecule has 2 aromatic carbocycles. The van der Waals surface area contributed by atoms with Gasteiger partial charge in [-0.2, -0.15) is 0 Å². The van der Waals surface area contributed by atoms with Gasteiger partial charge in [-0.3, -0.25) is 0 Å². The summed E-state index contributed by atoms with van der Waals surface area (Å²) in [5, 5.41) is 0. The molecule has 3 rings (SSSR count). The van der Waals surface area contributed by atoms with Gasteiger partial charge in [0.05, 0.1) is 32.7 Å². The van der Waals surface area contributed by atoms with Gasteiger partial charge >= 0.3 is 0 Å². The summed E-state index contributed by atoms with van der Waals surface area (Å²) >= 11 is 0. The van der Waals surface area contributed by atoms with E-state index in [1.54, 1.807) is 0 Å². The fourth-order valence-electron chi connectivity index (χ4n) is 4.05. The first kappa shape index (κ1) is 18.7. The molecule has 138 valence electrons. The molecular weight excluding hydrogens is 318 g/mol. The van der Waals surface area contributed by atoms with Gasteiger partial charge in [-0.15, -0.1) is 0 Å². The van der Waals surface area contributed by atoms with Gasteiger partial charge in [0.2, 0.25) is 6.33 Å². The Labute approximate surface area is 158 Å². The largest absolute Gasteiger partial charge is 0.324 e. The van der Waals surface area contributed by atoms with Crippen molar-refractivity contribution in [1.29, 1.82) is 0 Å². The monoisotopic (exact) mass is 351 g/mol. The molecule has 0 amide bonds. The Balaban J connectivity index is 1.79. The van der Waals surface area contributed by atoms with E-state index in [1.165, 1.54) is 53.7 Å². The van der Waals surface area contributed by atoms with Crippen LogP contribution in [0.5, 0.6) is 0 Å². The lowest BCUT2D eigenvalue weighted by atomic mass is 10.2. The SMILES string of the molecule is CC[N+](CC)(CC)CCCn1c[n+](Cc2ccccc2)c2ccccc21. The Kier molecular flexibility index (Phi) is 6.10. The van der Waals surface area contributed by atoms with Crippen molar-refractivity contribution >= 4 is 11.0 Å². The lowest BCUT2D eigenvalue weighted by Gasteiger charge is -2.35. The molecule has 0 aliphatic heterocycles. The predicted octanol–water partition coefficient (Wildman–Crippen LogP) is 4.24. The number of fused-ring (bicyclic) bond motifs is 1. The molecule has 0 saturated carbocycles. The normalized spacial score (nSPS) is 12.0. The molecule has 0 unspecified atom stereocenters. The van der Waals surface area contributed by atoms with E-state index in [0.717, 1.165) is 13.1 Å². The Hall–Kier alpha value is -2.13. The van der Waals surface area contributed by atoms with Crippen LogP contribution in [-0.2, 0) is 13.1 Å². The van der Waals surface area contributed by atoms with Gasteiger partial charge in [-0.1, -0.05) is 42.5 Å². The molecule has 0 saturated heterocycles. The summed E-state index contributed by atoms with van der Waals surface area (Å²) < 4.78 is 6.05. The number of hydrogen-bond donors (Lipinski definition) is 0. The average Bonchev–Trinajstić information content (AvgIpc) is 3.04. The van der Waals surface area contributed by atoms with E-state index in [2.05, 4.69) is 90.8 Å². The standard InChI is InChI=1S/C23H33N3/c1-4-26(5-2,6-3)18-12-17-24-20-25(19-21-13-8-7-9-14-21)23-16-11-10-15-22(23)24/h7-11,13-16,20H,4-6,12,17-19H2,1-3H3/q+2. The van der Waals surface area contributed by atoms with Crippen molar-refractivity contribution < 1.29 is 9.05 Å². The average molecular weight is 352 g/mol. The number of benzene rings is 2. The van der Waals surface area contributed by atoms with Crippen molar-refractivity contribution in [3.63, 3.8) is 0 Å².